The first-order valence-electron chi connectivity index (χ1n) is 4.86. The first kappa shape index (κ1) is 9.01. The second-order valence-electron chi connectivity index (χ2n) is 4.69. The fourth-order valence-electron chi connectivity index (χ4n) is 2.44. The lowest BCUT2D eigenvalue weighted by atomic mass is 9.69. The van der Waals surface area contributed by atoms with Gasteiger partial charge in [0.05, 0.1) is 11.2 Å². The van der Waals surface area contributed by atoms with E-state index >= 15 is 0 Å². The Hall–Kier alpha value is 0.440. The Kier molecular flexibility index (Phi) is 2.04. The van der Waals surface area contributed by atoms with E-state index in [0.29, 0.717) is 0 Å². The Morgan fingerprint density at radius 3 is 2.42 bits per heavy atom. The van der Waals surface area contributed by atoms with Crippen LogP contribution in [-0.2, 0) is 4.74 Å². The fraction of sp³-hybridized carbons (Fsp3) is 1.00. The summed E-state index contributed by atoms with van der Waals surface area (Å²) in [6, 6.07) is 0. The van der Waals surface area contributed by atoms with Gasteiger partial charge in [0.1, 0.15) is 0 Å². The lowest BCUT2D eigenvalue weighted by Crippen LogP contribution is -2.47. The quantitative estimate of drug-likeness (QED) is 0.632. The molecule has 0 bridgehead atoms. The largest absolute Gasteiger partial charge is 0.368 e. The van der Waals surface area contributed by atoms with E-state index < -0.39 is 0 Å². The minimum atomic E-state index is 0.120. The normalized spacial score (nSPS) is 52.8. The molecule has 12 heavy (non-hydrogen) atoms. The molecule has 1 spiro atoms. The van der Waals surface area contributed by atoms with Gasteiger partial charge in [-0.3, -0.25) is 0 Å². The number of rotatable bonds is 1. The van der Waals surface area contributed by atoms with Crippen molar-refractivity contribution in [1.29, 1.82) is 0 Å². The third-order valence-corrected chi connectivity index (χ3v) is 4.89. The highest BCUT2D eigenvalue weighted by molar-refractivity contribution is 9.09. The van der Waals surface area contributed by atoms with Crippen LogP contribution in [0.5, 0.6) is 0 Å². The summed E-state index contributed by atoms with van der Waals surface area (Å²) in [5.41, 5.74) is 0.400. The van der Waals surface area contributed by atoms with E-state index in [4.69, 9.17) is 4.74 Å². The zero-order chi connectivity index (χ0) is 8.82. The highest BCUT2D eigenvalue weighted by Gasteiger charge is 2.53. The van der Waals surface area contributed by atoms with E-state index in [1.165, 1.54) is 25.7 Å². The van der Waals surface area contributed by atoms with Crippen LogP contribution in [0.2, 0.25) is 0 Å². The number of alkyl halides is 1. The Bertz CT molecular complexity index is 194. The first-order valence-corrected chi connectivity index (χ1v) is 5.99. The van der Waals surface area contributed by atoms with Crippen molar-refractivity contribution in [3.05, 3.63) is 0 Å². The molecule has 2 heteroatoms. The van der Waals surface area contributed by atoms with E-state index in [2.05, 4.69) is 29.8 Å². The summed E-state index contributed by atoms with van der Waals surface area (Å²) in [7, 11) is 0. The predicted molar refractivity (Wildman–Crippen MR) is 53.6 cm³/mol. The van der Waals surface area contributed by atoms with Gasteiger partial charge in [-0.2, -0.15) is 0 Å². The number of hydrogen-bond donors (Lipinski definition) is 0. The monoisotopic (exact) mass is 232 g/mol. The minimum Gasteiger partial charge on any atom is -0.368 e. The molecule has 2 fully saturated rings. The molecule has 1 nitrogen and oxygen atoms in total. The van der Waals surface area contributed by atoms with Crippen LogP contribution in [0.1, 0.15) is 39.5 Å². The molecule has 1 saturated heterocycles. The summed E-state index contributed by atoms with van der Waals surface area (Å²) in [4.78, 5) is 0. The molecule has 1 aliphatic carbocycles. The molecule has 3 atom stereocenters. The maximum absolute atomic E-state index is 6.19. The smallest absolute Gasteiger partial charge is 0.0759 e. The van der Waals surface area contributed by atoms with E-state index in [1.54, 1.807) is 0 Å². The van der Waals surface area contributed by atoms with Crippen molar-refractivity contribution in [3.63, 3.8) is 0 Å². The number of ether oxygens (including phenoxy) is 1. The Balaban J connectivity index is 2.06. The van der Waals surface area contributed by atoms with Crippen LogP contribution in [0.3, 0.4) is 0 Å². The number of hydrogen-bond acceptors (Lipinski definition) is 1. The second kappa shape index (κ2) is 2.71. The van der Waals surface area contributed by atoms with Crippen molar-refractivity contribution in [2.75, 3.05) is 5.33 Å². The van der Waals surface area contributed by atoms with Gasteiger partial charge in [-0.25, -0.2) is 0 Å². The lowest BCUT2D eigenvalue weighted by molar-refractivity contribution is -0.157. The molecular weight excluding hydrogens is 216 g/mol. The van der Waals surface area contributed by atoms with Crippen LogP contribution < -0.4 is 0 Å². The molecule has 0 aromatic heterocycles. The van der Waals surface area contributed by atoms with Crippen LogP contribution in [-0.4, -0.2) is 16.5 Å². The molecule has 0 N–H and O–H groups in total. The van der Waals surface area contributed by atoms with Crippen molar-refractivity contribution in [3.8, 4) is 0 Å². The highest BCUT2D eigenvalue weighted by atomic mass is 79.9. The van der Waals surface area contributed by atoms with Crippen LogP contribution in [0.15, 0.2) is 0 Å². The van der Waals surface area contributed by atoms with Gasteiger partial charge in [0.15, 0.2) is 0 Å². The Morgan fingerprint density at radius 1 is 1.42 bits per heavy atom. The van der Waals surface area contributed by atoms with Gasteiger partial charge in [0.2, 0.25) is 0 Å². The Labute approximate surface area is 83.0 Å². The summed E-state index contributed by atoms with van der Waals surface area (Å²) >= 11 is 3.53. The molecular formula is C10H17BrO. The summed E-state index contributed by atoms with van der Waals surface area (Å²) in [5.74, 6) is 0.790. The SMILES string of the molecule is CC1CCC12CCC(C)(CBr)O2. The van der Waals surface area contributed by atoms with Crippen LogP contribution >= 0.6 is 15.9 Å². The summed E-state index contributed by atoms with van der Waals surface area (Å²) in [6.07, 6.45) is 5.15. The van der Waals surface area contributed by atoms with Gasteiger partial charge in [0.25, 0.3) is 0 Å². The number of halogens is 1. The average molecular weight is 233 g/mol. The average Bonchev–Trinajstić information content (AvgIpc) is 2.45. The van der Waals surface area contributed by atoms with E-state index in [9.17, 15) is 0 Å². The summed E-state index contributed by atoms with van der Waals surface area (Å²) in [5, 5.41) is 0.981. The molecule has 0 amide bonds. The second-order valence-corrected chi connectivity index (χ2v) is 5.25. The lowest BCUT2D eigenvalue weighted by Gasteiger charge is -2.46. The van der Waals surface area contributed by atoms with Crippen molar-refractivity contribution in [2.45, 2.75) is 50.7 Å². The van der Waals surface area contributed by atoms with E-state index in [-0.39, 0.29) is 11.2 Å². The standard InChI is InChI=1S/C10H17BrO/c1-8-3-4-10(8)6-5-9(2,7-11)12-10/h8H,3-7H2,1-2H3. The molecule has 1 aliphatic heterocycles. The molecule has 2 aliphatic rings. The molecule has 0 aromatic rings. The van der Waals surface area contributed by atoms with Crippen molar-refractivity contribution < 1.29 is 4.74 Å². The van der Waals surface area contributed by atoms with Gasteiger partial charge in [0, 0.05) is 5.33 Å². The van der Waals surface area contributed by atoms with Gasteiger partial charge in [-0.15, -0.1) is 0 Å². The summed E-state index contributed by atoms with van der Waals surface area (Å²) in [6.45, 7) is 4.55. The fourth-order valence-corrected chi connectivity index (χ4v) is 2.84. The van der Waals surface area contributed by atoms with E-state index in [1.807, 2.05) is 0 Å². The first-order chi connectivity index (χ1) is 5.60. The molecule has 0 aromatic carbocycles. The molecule has 0 radical (unpaired) electrons. The van der Waals surface area contributed by atoms with Crippen LogP contribution in [0, 0.1) is 5.92 Å². The maximum atomic E-state index is 6.19. The Morgan fingerprint density at radius 2 is 2.17 bits per heavy atom. The zero-order valence-electron chi connectivity index (χ0n) is 7.90. The van der Waals surface area contributed by atoms with E-state index in [0.717, 1.165) is 11.2 Å². The van der Waals surface area contributed by atoms with Gasteiger partial charge >= 0.3 is 0 Å². The molecule has 1 saturated carbocycles. The van der Waals surface area contributed by atoms with Gasteiger partial charge < -0.3 is 4.74 Å². The molecule has 70 valence electrons. The van der Waals surface area contributed by atoms with Gasteiger partial charge in [-0.1, -0.05) is 22.9 Å². The van der Waals surface area contributed by atoms with Gasteiger partial charge in [-0.05, 0) is 38.5 Å². The predicted octanol–water partition coefficient (Wildman–Crippen LogP) is 3.12. The molecule has 2 rings (SSSR count). The third-order valence-electron chi connectivity index (χ3n) is 3.71. The van der Waals surface area contributed by atoms with Crippen molar-refractivity contribution in [2.24, 2.45) is 5.92 Å². The highest BCUT2D eigenvalue weighted by Crippen LogP contribution is 2.53. The third kappa shape index (κ3) is 1.15. The zero-order valence-corrected chi connectivity index (χ0v) is 9.49. The van der Waals surface area contributed by atoms with Crippen molar-refractivity contribution in [1.82, 2.24) is 0 Å². The van der Waals surface area contributed by atoms with Crippen LogP contribution in [0.4, 0.5) is 0 Å². The maximum Gasteiger partial charge on any atom is 0.0759 e. The molecule has 1 heterocycles. The summed E-state index contributed by atoms with van der Waals surface area (Å²) < 4.78 is 6.19. The van der Waals surface area contributed by atoms with Crippen LogP contribution in [0.25, 0.3) is 0 Å². The topological polar surface area (TPSA) is 9.23 Å². The molecule has 3 unspecified atom stereocenters. The van der Waals surface area contributed by atoms with Crippen molar-refractivity contribution >= 4 is 15.9 Å². The minimum absolute atomic E-state index is 0.120.